The number of esters is 1. The first-order chi connectivity index (χ1) is 14.3. The molecule has 0 radical (unpaired) electrons. The van der Waals surface area contributed by atoms with Crippen LogP contribution >= 0.6 is 0 Å². The summed E-state index contributed by atoms with van der Waals surface area (Å²) < 4.78 is 37.8. The van der Waals surface area contributed by atoms with E-state index < -0.39 is 41.2 Å². The molecule has 0 heterocycles. The Balaban J connectivity index is 1.68. The van der Waals surface area contributed by atoms with Crippen molar-refractivity contribution in [1.29, 1.82) is 0 Å². The normalized spacial score (nSPS) is 12.8. The first-order valence-electron chi connectivity index (χ1n) is 9.33. The predicted molar refractivity (Wildman–Crippen MR) is 109 cm³/mol. The van der Waals surface area contributed by atoms with E-state index in [4.69, 9.17) is 9.47 Å². The van der Waals surface area contributed by atoms with Crippen LogP contribution in [-0.4, -0.2) is 25.1 Å². The van der Waals surface area contributed by atoms with Crippen molar-refractivity contribution in [3.63, 3.8) is 0 Å². The Morgan fingerprint density at radius 3 is 2.23 bits per heavy atom. The summed E-state index contributed by atoms with van der Waals surface area (Å²) >= 11 is 0. The quantitative estimate of drug-likeness (QED) is 0.590. The molecule has 0 spiro atoms. The second-order valence-electron chi connectivity index (χ2n) is 6.86. The maximum absolute atomic E-state index is 13.7. The summed E-state index contributed by atoms with van der Waals surface area (Å²) in [7, 11) is 1.59. The first kappa shape index (κ1) is 21.2. The average Bonchev–Trinajstić information content (AvgIpc) is 2.74. The Morgan fingerprint density at radius 1 is 0.933 bits per heavy atom. The van der Waals surface area contributed by atoms with E-state index in [9.17, 15) is 18.4 Å². The lowest BCUT2D eigenvalue weighted by Crippen LogP contribution is -2.32. The molecule has 30 heavy (non-hydrogen) atoms. The number of fused-ring (bicyclic) bond motifs is 1. The van der Waals surface area contributed by atoms with Gasteiger partial charge in [0.05, 0.1) is 13.0 Å². The highest BCUT2D eigenvalue weighted by Crippen LogP contribution is 2.26. The van der Waals surface area contributed by atoms with Gasteiger partial charge >= 0.3 is 5.97 Å². The van der Waals surface area contributed by atoms with Gasteiger partial charge in [-0.3, -0.25) is 9.59 Å². The van der Waals surface area contributed by atoms with Crippen molar-refractivity contribution in [3.05, 3.63) is 71.8 Å². The fourth-order valence-electron chi connectivity index (χ4n) is 2.95. The van der Waals surface area contributed by atoms with Gasteiger partial charge in [-0.05, 0) is 54.4 Å². The number of methoxy groups -OCH3 is 1. The van der Waals surface area contributed by atoms with Crippen molar-refractivity contribution in [2.75, 3.05) is 12.4 Å². The second-order valence-corrected chi connectivity index (χ2v) is 6.86. The lowest BCUT2D eigenvalue weighted by molar-refractivity contribution is -0.154. The molecule has 7 heteroatoms. The number of benzene rings is 3. The third-order valence-electron chi connectivity index (χ3n) is 4.80. The zero-order valence-electron chi connectivity index (χ0n) is 16.7. The first-order valence-corrected chi connectivity index (χ1v) is 9.33. The average molecular weight is 413 g/mol. The zero-order chi connectivity index (χ0) is 21.8. The summed E-state index contributed by atoms with van der Waals surface area (Å²) in [6.07, 6.45) is -1.23. The molecule has 0 saturated heterocycles. The van der Waals surface area contributed by atoms with Crippen LogP contribution < -0.4 is 10.1 Å². The maximum Gasteiger partial charge on any atom is 0.313 e. The number of amides is 1. The Labute approximate surface area is 172 Å². The van der Waals surface area contributed by atoms with E-state index in [1.165, 1.54) is 13.0 Å². The van der Waals surface area contributed by atoms with E-state index in [1.54, 1.807) is 20.1 Å². The van der Waals surface area contributed by atoms with Crippen LogP contribution in [0, 0.1) is 11.6 Å². The van der Waals surface area contributed by atoms with Gasteiger partial charge in [0.25, 0.3) is 5.91 Å². The van der Waals surface area contributed by atoms with Gasteiger partial charge in [-0.25, -0.2) is 8.78 Å². The van der Waals surface area contributed by atoms with E-state index in [0.29, 0.717) is 5.56 Å². The molecule has 5 nitrogen and oxygen atoms in total. The molecule has 1 N–H and O–H groups in total. The van der Waals surface area contributed by atoms with E-state index in [1.807, 2.05) is 30.3 Å². The molecule has 0 aliphatic carbocycles. The van der Waals surface area contributed by atoms with Crippen LogP contribution in [0.3, 0.4) is 0 Å². The molecule has 0 aliphatic heterocycles. The summed E-state index contributed by atoms with van der Waals surface area (Å²) in [6.45, 7) is 3.00. The van der Waals surface area contributed by atoms with E-state index in [0.717, 1.165) is 28.7 Å². The van der Waals surface area contributed by atoms with Crippen LogP contribution in [0.25, 0.3) is 10.8 Å². The molecule has 0 fully saturated rings. The van der Waals surface area contributed by atoms with Crippen molar-refractivity contribution in [2.45, 2.75) is 25.9 Å². The molecular formula is C23H21F2NO4. The molecule has 0 aliphatic rings. The van der Waals surface area contributed by atoms with Gasteiger partial charge in [-0.2, -0.15) is 0 Å². The van der Waals surface area contributed by atoms with Gasteiger partial charge < -0.3 is 14.8 Å². The van der Waals surface area contributed by atoms with Crippen molar-refractivity contribution in [1.82, 2.24) is 0 Å². The topological polar surface area (TPSA) is 64.6 Å². The molecule has 0 saturated carbocycles. The van der Waals surface area contributed by atoms with E-state index >= 15 is 0 Å². The number of rotatable bonds is 6. The standard InChI is InChI=1S/C23H21F2NO4/c1-13(15-7-8-17-12-18(29-3)10-9-16(17)11-15)23(28)30-14(2)22(27)26-21-19(24)5-4-6-20(21)25/h4-14H,1-3H3,(H,26,27)/t13-,14-/m0/s1. The number of ether oxygens (including phenoxy) is 2. The van der Waals surface area contributed by atoms with Crippen LogP contribution in [0.2, 0.25) is 0 Å². The Morgan fingerprint density at radius 2 is 1.57 bits per heavy atom. The maximum atomic E-state index is 13.7. The molecule has 1 amide bonds. The molecule has 3 rings (SSSR count). The Kier molecular flexibility index (Phi) is 6.30. The summed E-state index contributed by atoms with van der Waals surface area (Å²) in [5.41, 5.74) is 0.133. The third kappa shape index (κ3) is 4.56. The van der Waals surface area contributed by atoms with Gasteiger partial charge in [-0.1, -0.05) is 30.3 Å². The minimum absolute atomic E-state index is 0.580. The highest BCUT2D eigenvalue weighted by Gasteiger charge is 2.24. The number of nitrogens with one attached hydrogen (secondary N) is 1. The SMILES string of the molecule is COc1ccc2cc([C@H](C)C(=O)O[C@@H](C)C(=O)Nc3c(F)cccc3F)ccc2c1. The van der Waals surface area contributed by atoms with E-state index in [-0.39, 0.29) is 0 Å². The largest absolute Gasteiger partial charge is 0.497 e. The van der Waals surface area contributed by atoms with Crippen molar-refractivity contribution >= 4 is 28.3 Å². The molecule has 3 aromatic rings. The number of carbonyl (C=O) groups excluding carboxylic acids is 2. The Hall–Kier alpha value is -3.48. The summed E-state index contributed by atoms with van der Waals surface area (Å²) in [6, 6.07) is 14.3. The number of halogens is 2. The highest BCUT2D eigenvalue weighted by molar-refractivity contribution is 5.96. The van der Waals surface area contributed by atoms with Crippen molar-refractivity contribution < 1.29 is 27.8 Å². The van der Waals surface area contributed by atoms with Gasteiger partial charge in [-0.15, -0.1) is 0 Å². The fraction of sp³-hybridized carbons (Fsp3) is 0.217. The minimum Gasteiger partial charge on any atom is -0.497 e. The second kappa shape index (κ2) is 8.90. The molecule has 156 valence electrons. The lowest BCUT2D eigenvalue weighted by Gasteiger charge is -2.17. The van der Waals surface area contributed by atoms with Gasteiger partial charge in [0.1, 0.15) is 23.1 Å². The number of anilines is 1. The molecule has 3 aromatic carbocycles. The lowest BCUT2D eigenvalue weighted by atomic mass is 9.98. The Bertz CT molecular complexity index is 1080. The number of hydrogen-bond donors (Lipinski definition) is 1. The van der Waals surface area contributed by atoms with Crippen LogP contribution in [0.15, 0.2) is 54.6 Å². The van der Waals surface area contributed by atoms with Gasteiger partial charge in [0.15, 0.2) is 6.10 Å². The van der Waals surface area contributed by atoms with Gasteiger partial charge in [0, 0.05) is 0 Å². The third-order valence-corrected chi connectivity index (χ3v) is 4.80. The minimum atomic E-state index is -1.23. The number of hydrogen-bond acceptors (Lipinski definition) is 4. The molecule has 0 aromatic heterocycles. The number of carbonyl (C=O) groups is 2. The molecular weight excluding hydrogens is 392 g/mol. The highest BCUT2D eigenvalue weighted by atomic mass is 19.1. The van der Waals surface area contributed by atoms with Crippen molar-refractivity contribution in [2.24, 2.45) is 0 Å². The van der Waals surface area contributed by atoms with E-state index in [2.05, 4.69) is 5.32 Å². The summed E-state index contributed by atoms with van der Waals surface area (Å²) in [5.74, 6) is -3.19. The monoisotopic (exact) mass is 413 g/mol. The zero-order valence-corrected chi connectivity index (χ0v) is 16.7. The van der Waals surface area contributed by atoms with Crippen LogP contribution in [-0.2, 0) is 14.3 Å². The van der Waals surface area contributed by atoms with Crippen molar-refractivity contribution in [3.8, 4) is 5.75 Å². The summed E-state index contributed by atoms with van der Waals surface area (Å²) in [5, 5.41) is 4.00. The summed E-state index contributed by atoms with van der Waals surface area (Å²) in [4.78, 5) is 24.7. The number of para-hydroxylation sites is 1. The van der Waals surface area contributed by atoms with Crippen LogP contribution in [0.1, 0.15) is 25.3 Å². The smallest absolute Gasteiger partial charge is 0.313 e. The van der Waals surface area contributed by atoms with Crippen LogP contribution in [0.5, 0.6) is 5.75 Å². The predicted octanol–water partition coefficient (Wildman–Crippen LogP) is 4.80. The molecule has 0 bridgehead atoms. The molecule has 0 unspecified atom stereocenters. The van der Waals surface area contributed by atoms with Gasteiger partial charge in [0.2, 0.25) is 0 Å². The molecule has 2 atom stereocenters. The fourth-order valence-corrected chi connectivity index (χ4v) is 2.95. The van der Waals surface area contributed by atoms with Crippen LogP contribution in [0.4, 0.5) is 14.5 Å².